The summed E-state index contributed by atoms with van der Waals surface area (Å²) in [5.74, 6) is -4.42. The van der Waals surface area contributed by atoms with Crippen molar-refractivity contribution >= 4 is 17.6 Å². The molecule has 0 amide bonds. The van der Waals surface area contributed by atoms with E-state index in [2.05, 4.69) is 20.3 Å². The Bertz CT molecular complexity index is 1790. The normalized spacial score (nSPS) is 21.4. The number of carbonyl (C=O) groups is 2. The molecule has 1 saturated heterocycles. The second kappa shape index (κ2) is 13.7. The molecule has 1 aliphatic rings. The van der Waals surface area contributed by atoms with Gasteiger partial charge in [-0.05, 0) is 34.7 Å². The Kier molecular flexibility index (Phi) is 10.3. The van der Waals surface area contributed by atoms with Gasteiger partial charge in [-0.3, -0.25) is 0 Å². The van der Waals surface area contributed by atoms with Crippen molar-refractivity contribution in [3.8, 4) is 17.3 Å². The fraction of sp³-hybridized carbons (Fsp3) is 0.464. The topological polar surface area (TPSA) is 221 Å². The number of carboxylic acid groups (broad SMARTS) is 2. The number of aryl methyl sites for hydroxylation is 1. The van der Waals surface area contributed by atoms with E-state index in [0.29, 0.717) is 17.9 Å². The molecular weight excluding hydrogens is 654 g/mol. The van der Waals surface area contributed by atoms with Crippen LogP contribution >= 0.6 is 0 Å². The average molecular weight is 686 g/mol. The first kappa shape index (κ1) is 36.1. The number of ether oxygens (including phenoxy) is 2. The highest BCUT2D eigenvalue weighted by molar-refractivity contribution is 5.73. The number of rotatable bonds is 7. The van der Waals surface area contributed by atoms with Gasteiger partial charge in [0.15, 0.2) is 18.0 Å². The lowest BCUT2D eigenvalue weighted by molar-refractivity contribution is -0.802. The molecule has 0 unspecified atom stereocenters. The third kappa shape index (κ3) is 7.35. The average Bonchev–Trinajstić information content (AvgIpc) is 3.62. The fourth-order valence-corrected chi connectivity index (χ4v) is 4.67. The summed E-state index contributed by atoms with van der Waals surface area (Å²) >= 11 is 0. The van der Waals surface area contributed by atoms with Gasteiger partial charge in [0.05, 0.1) is 5.56 Å². The molecule has 4 N–H and O–H groups in total. The van der Waals surface area contributed by atoms with Crippen LogP contribution < -0.4 is 14.5 Å². The van der Waals surface area contributed by atoms with Crippen molar-refractivity contribution in [2.24, 2.45) is 0 Å². The van der Waals surface area contributed by atoms with Crippen molar-refractivity contribution in [2.45, 2.75) is 83.1 Å². The van der Waals surface area contributed by atoms with Gasteiger partial charge in [-0.2, -0.15) is 18.3 Å². The first-order chi connectivity index (χ1) is 22.4. The Morgan fingerprint density at radius 2 is 1.75 bits per heavy atom. The number of nitrogens with zero attached hydrogens (tertiary/aromatic N) is 7. The van der Waals surface area contributed by atoms with Crippen LogP contribution in [0.2, 0.25) is 0 Å². The number of aliphatic hydroxyl groups is 3. The molecule has 5 rings (SSSR count). The maximum atomic E-state index is 15.0. The predicted molar refractivity (Wildman–Crippen MR) is 148 cm³/mol. The van der Waals surface area contributed by atoms with Gasteiger partial charge in [0.2, 0.25) is 0 Å². The fourth-order valence-electron chi connectivity index (χ4n) is 4.67. The minimum absolute atomic E-state index is 0.0107. The van der Waals surface area contributed by atoms with E-state index in [1.54, 1.807) is 16.8 Å². The summed E-state index contributed by atoms with van der Waals surface area (Å²) in [4.78, 5) is 24.8. The number of hydrogen-bond acceptors (Lipinski definition) is 12. The summed E-state index contributed by atoms with van der Waals surface area (Å²) in [6, 6.07) is 7.50. The van der Waals surface area contributed by atoms with Crippen molar-refractivity contribution in [3.63, 3.8) is 0 Å². The van der Waals surface area contributed by atoms with Crippen LogP contribution in [0.15, 0.2) is 36.7 Å². The minimum atomic E-state index is -5.19. The summed E-state index contributed by atoms with van der Waals surface area (Å²) in [7, 11) is 0. The number of alkyl halides is 3. The first-order valence-corrected chi connectivity index (χ1v) is 14.2. The van der Waals surface area contributed by atoms with Crippen molar-refractivity contribution in [1.29, 1.82) is 0 Å². The van der Waals surface area contributed by atoms with E-state index in [9.17, 15) is 38.4 Å². The van der Waals surface area contributed by atoms with Gasteiger partial charge in [-0.25, -0.2) is 18.9 Å². The monoisotopic (exact) mass is 685 g/mol. The molecule has 20 heteroatoms. The maximum absolute atomic E-state index is 15.0. The third-order valence-corrected chi connectivity index (χ3v) is 7.11. The Labute approximate surface area is 268 Å². The van der Waals surface area contributed by atoms with Gasteiger partial charge in [0, 0.05) is 18.2 Å². The van der Waals surface area contributed by atoms with Gasteiger partial charge in [-0.1, -0.05) is 42.1 Å². The highest BCUT2D eigenvalue weighted by Gasteiger charge is 2.51. The van der Waals surface area contributed by atoms with E-state index < -0.39 is 60.0 Å². The quantitative estimate of drug-likeness (QED) is 0.145. The van der Waals surface area contributed by atoms with Crippen molar-refractivity contribution < 1.29 is 66.8 Å². The molecule has 16 nitrogen and oxygen atoms in total. The highest BCUT2D eigenvalue weighted by atomic mass is 19.4. The zero-order valence-electron chi connectivity index (χ0n) is 25.7. The summed E-state index contributed by atoms with van der Waals surface area (Å²) in [5, 5.41) is 63.2. The third-order valence-electron chi connectivity index (χ3n) is 7.11. The van der Waals surface area contributed by atoms with Crippen LogP contribution in [0.3, 0.4) is 0 Å². The zero-order valence-corrected chi connectivity index (χ0v) is 25.7. The van der Waals surface area contributed by atoms with Crippen molar-refractivity contribution in [3.05, 3.63) is 53.9 Å². The molecule has 48 heavy (non-hydrogen) atoms. The lowest BCUT2D eigenvalue weighted by Gasteiger charge is -2.36. The van der Waals surface area contributed by atoms with E-state index in [0.717, 1.165) is 4.68 Å². The standard InChI is InChI=1S/C26H30FN7O7.C2HF3O2/c1-5-32-16(28-12-29-32)11-40-23-14(26(2,3)4)10-17-33(31-23)22(13-8-6-7-9-15(13)27)30-34(17)24-20(37)18(35)19(36)21(41-24)25(38)39;3-2(4,5)1(6)7/h6-10,12,18-21,24,35-37H,5,11H2,1-4H3;(H,6,7)/t18-,19-,20+,21-,24+;/m0./s1. The number of halogens is 4. The molecule has 4 heterocycles. The van der Waals surface area contributed by atoms with Crippen LogP contribution in [-0.4, -0.2) is 92.4 Å². The van der Waals surface area contributed by atoms with Gasteiger partial charge in [0.1, 0.15) is 36.9 Å². The van der Waals surface area contributed by atoms with Gasteiger partial charge in [-0.15, -0.1) is 0 Å². The van der Waals surface area contributed by atoms with E-state index >= 15 is 4.39 Å². The van der Waals surface area contributed by atoms with Crippen LogP contribution in [0.1, 0.15) is 45.3 Å². The Morgan fingerprint density at radius 1 is 1.10 bits per heavy atom. The molecule has 0 aliphatic carbocycles. The lowest BCUT2D eigenvalue weighted by Crippen LogP contribution is -2.64. The first-order valence-electron chi connectivity index (χ1n) is 14.2. The zero-order chi connectivity index (χ0) is 35.7. The maximum Gasteiger partial charge on any atom is 0.430 e. The SMILES string of the molecule is CCn1ncnc1COc1nn2c(-c3ccccc3F)n[n+]([C@@H]3O[C@H](C(=O)O)[C@@H](O)[C@H](O)[C@H]3O)c2cc1C(C)(C)C.O=C([O-])C(F)(F)F. The minimum Gasteiger partial charge on any atom is -0.542 e. The van der Waals surface area contributed by atoms with Gasteiger partial charge >= 0.3 is 17.8 Å². The molecule has 0 bridgehead atoms. The summed E-state index contributed by atoms with van der Waals surface area (Å²) in [6.45, 7) is 8.30. The van der Waals surface area contributed by atoms with Crippen molar-refractivity contribution in [2.75, 3.05) is 0 Å². The largest absolute Gasteiger partial charge is 0.542 e. The number of hydrogen-bond donors (Lipinski definition) is 4. The van der Waals surface area contributed by atoms with Gasteiger partial charge < -0.3 is 39.8 Å². The Morgan fingerprint density at radius 3 is 2.31 bits per heavy atom. The molecule has 1 aromatic carbocycles. The number of carbonyl (C=O) groups excluding carboxylic acids is 1. The number of fused-ring (bicyclic) bond motifs is 1. The van der Waals surface area contributed by atoms with E-state index in [1.807, 2.05) is 27.7 Å². The number of aliphatic hydroxyl groups excluding tert-OH is 3. The number of carboxylic acids is 2. The predicted octanol–water partition coefficient (Wildman–Crippen LogP) is -0.326. The molecule has 1 aliphatic heterocycles. The van der Waals surface area contributed by atoms with E-state index in [-0.39, 0.29) is 29.5 Å². The second-order valence-electron chi connectivity index (χ2n) is 11.5. The Balaban J connectivity index is 0.000000671. The van der Waals surface area contributed by atoms with Crippen LogP contribution in [0, 0.1) is 5.82 Å². The van der Waals surface area contributed by atoms with Crippen LogP contribution in [0.25, 0.3) is 17.0 Å². The summed E-state index contributed by atoms with van der Waals surface area (Å²) in [5.41, 5.74) is 0.277. The number of aromatic nitrogens is 7. The van der Waals surface area contributed by atoms with Crippen LogP contribution in [-0.2, 0) is 32.9 Å². The molecule has 1 fully saturated rings. The number of aliphatic carboxylic acids is 2. The molecular formula is C28H31F4N7O9. The molecule has 0 spiro atoms. The molecule has 0 saturated carbocycles. The van der Waals surface area contributed by atoms with Crippen LogP contribution in [0.4, 0.5) is 17.6 Å². The second-order valence-corrected chi connectivity index (χ2v) is 11.5. The molecule has 3 aromatic heterocycles. The number of benzene rings is 1. The summed E-state index contributed by atoms with van der Waals surface area (Å²) in [6.07, 6.45) is -12.8. The molecule has 0 radical (unpaired) electrons. The molecule has 4 aromatic rings. The summed E-state index contributed by atoms with van der Waals surface area (Å²) < 4.78 is 62.3. The highest BCUT2D eigenvalue weighted by Crippen LogP contribution is 2.33. The lowest BCUT2D eigenvalue weighted by atomic mass is 9.88. The van der Waals surface area contributed by atoms with Crippen LogP contribution in [0.5, 0.6) is 5.88 Å². The van der Waals surface area contributed by atoms with E-state index in [4.69, 9.17) is 19.4 Å². The van der Waals surface area contributed by atoms with Crippen molar-refractivity contribution in [1.82, 2.24) is 29.5 Å². The van der Waals surface area contributed by atoms with Gasteiger partial charge in [0.25, 0.3) is 17.9 Å². The van der Waals surface area contributed by atoms with E-state index in [1.165, 1.54) is 29.0 Å². The molecule has 260 valence electrons. The molecule has 5 atom stereocenters. The Hall–Kier alpha value is -4.79. The smallest absolute Gasteiger partial charge is 0.430 e.